The Bertz CT molecular complexity index is 609. The maximum atomic E-state index is 6.06. The molecule has 2 unspecified atom stereocenters. The number of nitrogens with zero attached hydrogens (tertiary/aromatic N) is 4. The van der Waals surface area contributed by atoms with E-state index in [1.807, 2.05) is 10.7 Å². The summed E-state index contributed by atoms with van der Waals surface area (Å²) >= 11 is 6.06. The van der Waals surface area contributed by atoms with Crippen molar-refractivity contribution in [2.75, 3.05) is 5.73 Å². The molecule has 2 aromatic rings. The van der Waals surface area contributed by atoms with Crippen molar-refractivity contribution < 1.29 is 0 Å². The molecule has 1 fully saturated rings. The lowest BCUT2D eigenvalue weighted by Crippen LogP contribution is -2.19. The summed E-state index contributed by atoms with van der Waals surface area (Å²) in [5, 5.41) is 12.8. The molecule has 0 amide bonds. The Balaban J connectivity index is 1.99. The van der Waals surface area contributed by atoms with Crippen molar-refractivity contribution in [2.45, 2.75) is 38.6 Å². The van der Waals surface area contributed by atoms with E-state index in [1.54, 1.807) is 12.1 Å². The first-order valence-corrected chi connectivity index (χ1v) is 7.36. The Hall–Kier alpha value is -1.62. The second-order valence-corrected chi connectivity index (χ2v) is 6.04. The molecule has 0 saturated heterocycles. The molecule has 2 N–H and O–H groups in total. The van der Waals surface area contributed by atoms with Gasteiger partial charge in [0.25, 0.3) is 0 Å². The van der Waals surface area contributed by atoms with Gasteiger partial charge in [-0.05, 0) is 47.4 Å². The fourth-order valence-corrected chi connectivity index (χ4v) is 3.14. The predicted octanol–water partition coefficient (Wildman–Crippen LogP) is 3.33. The molecule has 20 heavy (non-hydrogen) atoms. The van der Waals surface area contributed by atoms with Gasteiger partial charge in [-0.2, -0.15) is 0 Å². The van der Waals surface area contributed by atoms with Crippen LogP contribution in [0.5, 0.6) is 0 Å². The lowest BCUT2D eigenvalue weighted by atomic mass is 9.87. The third kappa shape index (κ3) is 2.50. The van der Waals surface area contributed by atoms with Crippen molar-refractivity contribution in [1.82, 2.24) is 20.2 Å². The number of halogens is 1. The molecule has 106 valence electrons. The zero-order chi connectivity index (χ0) is 14.1. The summed E-state index contributed by atoms with van der Waals surface area (Å²) < 4.78 is 1.91. The third-order valence-corrected chi connectivity index (χ3v) is 4.24. The molecule has 1 aromatic heterocycles. The largest absolute Gasteiger partial charge is 0.398 e. The van der Waals surface area contributed by atoms with Crippen LogP contribution in [-0.4, -0.2) is 20.2 Å². The molecule has 1 saturated carbocycles. The van der Waals surface area contributed by atoms with Gasteiger partial charge >= 0.3 is 0 Å². The number of tetrazole rings is 1. The normalized spacial score (nSPS) is 22.9. The zero-order valence-corrected chi connectivity index (χ0v) is 12.2. The molecule has 6 heteroatoms. The molecule has 5 nitrogen and oxygen atoms in total. The molecule has 1 heterocycles. The van der Waals surface area contributed by atoms with Crippen LogP contribution in [0.15, 0.2) is 18.2 Å². The van der Waals surface area contributed by atoms with Gasteiger partial charge in [-0.3, -0.25) is 0 Å². The number of hydrogen-bond acceptors (Lipinski definition) is 4. The summed E-state index contributed by atoms with van der Waals surface area (Å²) in [5.41, 5.74) is 7.49. The lowest BCUT2D eigenvalue weighted by Gasteiger charge is -2.27. The van der Waals surface area contributed by atoms with Crippen molar-refractivity contribution >= 4 is 17.3 Å². The monoisotopic (exact) mass is 291 g/mol. The molecule has 2 atom stereocenters. The van der Waals surface area contributed by atoms with Crippen molar-refractivity contribution in [2.24, 2.45) is 5.92 Å². The highest BCUT2D eigenvalue weighted by Gasteiger charge is 2.25. The summed E-state index contributed by atoms with van der Waals surface area (Å²) in [6.45, 7) is 2.28. The van der Waals surface area contributed by atoms with E-state index in [0.29, 0.717) is 28.5 Å². The highest BCUT2D eigenvalue weighted by atomic mass is 35.5. The van der Waals surface area contributed by atoms with Crippen molar-refractivity contribution in [3.05, 3.63) is 23.2 Å². The van der Waals surface area contributed by atoms with Crippen molar-refractivity contribution in [3.8, 4) is 11.4 Å². The van der Waals surface area contributed by atoms with Crippen LogP contribution in [-0.2, 0) is 0 Å². The summed E-state index contributed by atoms with van der Waals surface area (Å²) in [7, 11) is 0. The van der Waals surface area contributed by atoms with Crippen LogP contribution < -0.4 is 5.73 Å². The zero-order valence-electron chi connectivity index (χ0n) is 11.5. The van der Waals surface area contributed by atoms with Crippen LogP contribution in [0.2, 0.25) is 5.02 Å². The number of hydrogen-bond donors (Lipinski definition) is 1. The molecular weight excluding hydrogens is 274 g/mol. The summed E-state index contributed by atoms with van der Waals surface area (Å²) in [6, 6.07) is 5.74. The highest BCUT2D eigenvalue weighted by Crippen LogP contribution is 2.35. The Morgan fingerprint density at radius 1 is 1.35 bits per heavy atom. The topological polar surface area (TPSA) is 69.6 Å². The summed E-state index contributed by atoms with van der Waals surface area (Å²) in [5.74, 6) is 1.42. The van der Waals surface area contributed by atoms with Crippen LogP contribution in [0.3, 0.4) is 0 Å². The molecule has 0 aliphatic heterocycles. The van der Waals surface area contributed by atoms with Crippen LogP contribution in [0.4, 0.5) is 5.69 Å². The Morgan fingerprint density at radius 2 is 2.20 bits per heavy atom. The second-order valence-electron chi connectivity index (χ2n) is 5.60. The first-order valence-electron chi connectivity index (χ1n) is 6.98. The van der Waals surface area contributed by atoms with E-state index in [-0.39, 0.29) is 0 Å². The standard InChI is InChI=1S/C14H18ClN5/c1-9-3-2-4-11(7-9)20-14(17-18-19-20)12-8-10(15)5-6-13(12)16/h5-6,8-9,11H,2-4,7,16H2,1H3. The number of nitrogen functional groups attached to an aromatic ring is 1. The molecule has 1 aromatic carbocycles. The Morgan fingerprint density at radius 3 is 3.00 bits per heavy atom. The number of nitrogens with two attached hydrogens (primary N) is 1. The van der Waals surface area contributed by atoms with Crippen molar-refractivity contribution in [1.29, 1.82) is 0 Å². The van der Waals surface area contributed by atoms with Crippen molar-refractivity contribution in [3.63, 3.8) is 0 Å². The van der Waals surface area contributed by atoms with E-state index >= 15 is 0 Å². The van der Waals surface area contributed by atoms with E-state index in [9.17, 15) is 0 Å². The minimum Gasteiger partial charge on any atom is -0.398 e. The molecular formula is C14H18ClN5. The van der Waals surface area contributed by atoms with Gasteiger partial charge in [0.05, 0.1) is 6.04 Å². The van der Waals surface area contributed by atoms with Gasteiger partial charge in [0.2, 0.25) is 0 Å². The van der Waals surface area contributed by atoms with E-state index in [1.165, 1.54) is 12.8 Å². The minimum absolute atomic E-state index is 0.349. The van der Waals surface area contributed by atoms with Gasteiger partial charge in [-0.25, -0.2) is 4.68 Å². The fraction of sp³-hybridized carbons (Fsp3) is 0.500. The van der Waals surface area contributed by atoms with Crippen LogP contribution >= 0.6 is 11.6 Å². The van der Waals surface area contributed by atoms with E-state index in [4.69, 9.17) is 17.3 Å². The van der Waals surface area contributed by atoms with Gasteiger partial charge in [0, 0.05) is 16.3 Å². The van der Waals surface area contributed by atoms with Gasteiger partial charge in [0.1, 0.15) is 0 Å². The molecule has 0 radical (unpaired) electrons. The van der Waals surface area contributed by atoms with Crippen LogP contribution in [0, 0.1) is 5.92 Å². The predicted molar refractivity (Wildman–Crippen MR) is 79.3 cm³/mol. The average Bonchev–Trinajstić information content (AvgIpc) is 2.90. The SMILES string of the molecule is CC1CCCC(n2nnnc2-c2cc(Cl)ccc2N)C1. The number of anilines is 1. The maximum Gasteiger partial charge on any atom is 0.184 e. The van der Waals surface area contributed by atoms with Crippen LogP contribution in [0.25, 0.3) is 11.4 Å². The van der Waals surface area contributed by atoms with E-state index in [2.05, 4.69) is 22.4 Å². The van der Waals surface area contributed by atoms with Gasteiger partial charge < -0.3 is 5.73 Å². The molecule has 3 rings (SSSR count). The van der Waals surface area contributed by atoms with Gasteiger partial charge in [-0.15, -0.1) is 5.10 Å². The van der Waals surface area contributed by atoms with Crippen LogP contribution in [0.1, 0.15) is 38.6 Å². The first kappa shape index (κ1) is 13.4. The maximum absolute atomic E-state index is 6.06. The quantitative estimate of drug-likeness (QED) is 0.862. The molecule has 0 spiro atoms. The lowest BCUT2D eigenvalue weighted by molar-refractivity contribution is 0.265. The number of benzene rings is 1. The smallest absolute Gasteiger partial charge is 0.184 e. The van der Waals surface area contributed by atoms with Gasteiger partial charge in [0.15, 0.2) is 5.82 Å². The Kier molecular flexibility index (Phi) is 3.61. The molecule has 1 aliphatic rings. The first-order chi connectivity index (χ1) is 9.65. The third-order valence-electron chi connectivity index (χ3n) is 4.00. The van der Waals surface area contributed by atoms with E-state index < -0.39 is 0 Å². The minimum atomic E-state index is 0.349. The molecule has 1 aliphatic carbocycles. The highest BCUT2D eigenvalue weighted by molar-refractivity contribution is 6.31. The fourth-order valence-electron chi connectivity index (χ4n) is 2.96. The van der Waals surface area contributed by atoms with Gasteiger partial charge in [-0.1, -0.05) is 31.4 Å². The Labute approximate surface area is 123 Å². The molecule has 0 bridgehead atoms. The number of rotatable bonds is 2. The second kappa shape index (κ2) is 5.40. The summed E-state index contributed by atoms with van der Waals surface area (Å²) in [6.07, 6.45) is 4.73. The number of aromatic nitrogens is 4. The average molecular weight is 292 g/mol. The van der Waals surface area contributed by atoms with E-state index in [0.717, 1.165) is 18.4 Å². The summed E-state index contributed by atoms with van der Waals surface area (Å²) in [4.78, 5) is 0.